The number of benzene rings is 1. The van der Waals surface area contributed by atoms with Crippen molar-refractivity contribution >= 4 is 33.2 Å². The Morgan fingerprint density at radius 1 is 1.33 bits per heavy atom. The van der Waals surface area contributed by atoms with E-state index in [-0.39, 0.29) is 11.9 Å². The monoisotopic (exact) mass is 405 g/mol. The van der Waals surface area contributed by atoms with Crippen molar-refractivity contribution < 1.29 is 9.32 Å². The third-order valence-corrected chi connectivity index (χ3v) is 5.11. The van der Waals surface area contributed by atoms with E-state index in [0.717, 1.165) is 14.9 Å². The minimum atomic E-state index is -0.0718. The number of aryl methyl sites for hydroxylation is 1. The van der Waals surface area contributed by atoms with E-state index in [1.807, 2.05) is 48.7 Å². The second-order valence-corrected chi connectivity index (χ2v) is 7.10. The number of carbonyl (C=O) groups is 1. The molecule has 0 aliphatic rings. The fourth-order valence-electron chi connectivity index (χ4n) is 2.30. The highest BCUT2D eigenvalue weighted by Gasteiger charge is 2.14. The number of aromatic nitrogens is 2. The summed E-state index contributed by atoms with van der Waals surface area (Å²) in [5.41, 5.74) is 1.05. The highest BCUT2D eigenvalue weighted by atomic mass is 79.9. The van der Waals surface area contributed by atoms with E-state index in [2.05, 4.69) is 31.4 Å². The van der Waals surface area contributed by atoms with Crippen LogP contribution in [0.25, 0.3) is 10.7 Å². The van der Waals surface area contributed by atoms with Gasteiger partial charge in [0.1, 0.15) is 0 Å². The van der Waals surface area contributed by atoms with Crippen LogP contribution in [0.5, 0.6) is 0 Å². The summed E-state index contributed by atoms with van der Waals surface area (Å²) in [5, 5.41) is 8.89. The second kappa shape index (κ2) is 7.72. The fraction of sp³-hybridized carbons (Fsp3) is 0.235. The molecular formula is C17H16BrN3O2S. The van der Waals surface area contributed by atoms with Gasteiger partial charge in [-0.2, -0.15) is 4.98 Å². The Morgan fingerprint density at radius 2 is 2.17 bits per heavy atom. The molecule has 124 valence electrons. The molecular weight excluding hydrogens is 390 g/mol. The third-order valence-electron chi connectivity index (χ3n) is 3.52. The Balaban J connectivity index is 1.53. The standard InChI is InChI=1S/C17H16BrN3O2S/c1-11(12-5-2-3-6-13(12)18)19-15(22)8-9-16-20-17(21-23-16)14-7-4-10-24-14/h2-7,10-11H,8-9H2,1H3,(H,19,22). The lowest BCUT2D eigenvalue weighted by Gasteiger charge is -2.15. The second-order valence-electron chi connectivity index (χ2n) is 5.30. The topological polar surface area (TPSA) is 68.0 Å². The predicted octanol–water partition coefficient (Wildman–Crippen LogP) is 4.37. The van der Waals surface area contributed by atoms with Crippen molar-refractivity contribution in [2.24, 2.45) is 0 Å². The molecule has 0 saturated carbocycles. The van der Waals surface area contributed by atoms with Crippen molar-refractivity contribution in [1.29, 1.82) is 0 Å². The molecule has 24 heavy (non-hydrogen) atoms. The Morgan fingerprint density at radius 3 is 2.92 bits per heavy atom. The normalized spacial score (nSPS) is 12.1. The maximum atomic E-state index is 12.1. The molecule has 0 aliphatic heterocycles. The number of rotatable bonds is 6. The van der Waals surface area contributed by atoms with Crippen LogP contribution in [0.1, 0.15) is 30.8 Å². The number of hydrogen-bond acceptors (Lipinski definition) is 5. The first-order valence-electron chi connectivity index (χ1n) is 7.53. The third kappa shape index (κ3) is 4.10. The van der Waals surface area contributed by atoms with Crippen LogP contribution in [-0.4, -0.2) is 16.0 Å². The van der Waals surface area contributed by atoms with Gasteiger partial charge in [0, 0.05) is 17.3 Å². The van der Waals surface area contributed by atoms with Gasteiger partial charge in [0.25, 0.3) is 0 Å². The molecule has 2 aromatic heterocycles. The van der Waals surface area contributed by atoms with Crippen molar-refractivity contribution in [3.63, 3.8) is 0 Å². The predicted molar refractivity (Wildman–Crippen MR) is 96.6 cm³/mol. The lowest BCUT2D eigenvalue weighted by atomic mass is 10.1. The van der Waals surface area contributed by atoms with E-state index in [4.69, 9.17) is 4.52 Å². The molecule has 0 bridgehead atoms. The van der Waals surface area contributed by atoms with Gasteiger partial charge in [-0.25, -0.2) is 0 Å². The number of halogens is 1. The van der Waals surface area contributed by atoms with Gasteiger partial charge in [-0.05, 0) is 30.0 Å². The summed E-state index contributed by atoms with van der Waals surface area (Å²) in [6.07, 6.45) is 0.730. The zero-order valence-electron chi connectivity index (χ0n) is 13.0. The lowest BCUT2D eigenvalue weighted by Crippen LogP contribution is -2.27. The van der Waals surface area contributed by atoms with Crippen molar-refractivity contribution in [2.45, 2.75) is 25.8 Å². The Kier molecular flexibility index (Phi) is 5.42. The number of thiophene rings is 1. The average molecular weight is 406 g/mol. The zero-order chi connectivity index (χ0) is 16.9. The Hall–Kier alpha value is -1.99. The number of amides is 1. The first-order valence-corrected chi connectivity index (χ1v) is 9.21. The molecule has 0 aliphatic carbocycles. The average Bonchev–Trinajstić information content (AvgIpc) is 3.24. The summed E-state index contributed by atoms with van der Waals surface area (Å²) in [5.74, 6) is 0.998. The molecule has 3 aromatic rings. The van der Waals surface area contributed by atoms with E-state index in [0.29, 0.717) is 24.6 Å². The summed E-state index contributed by atoms with van der Waals surface area (Å²) >= 11 is 5.05. The zero-order valence-corrected chi connectivity index (χ0v) is 15.4. The van der Waals surface area contributed by atoms with E-state index in [1.54, 1.807) is 11.3 Å². The van der Waals surface area contributed by atoms with Crippen LogP contribution in [0.15, 0.2) is 50.8 Å². The molecule has 2 heterocycles. The number of nitrogens with zero attached hydrogens (tertiary/aromatic N) is 2. The van der Waals surface area contributed by atoms with Crippen LogP contribution in [0, 0.1) is 0 Å². The molecule has 0 spiro atoms. The smallest absolute Gasteiger partial charge is 0.227 e. The maximum absolute atomic E-state index is 12.1. The van der Waals surface area contributed by atoms with E-state index >= 15 is 0 Å². The van der Waals surface area contributed by atoms with Crippen LogP contribution >= 0.6 is 27.3 Å². The molecule has 5 nitrogen and oxygen atoms in total. The SMILES string of the molecule is CC(NC(=O)CCc1nc(-c2cccs2)no1)c1ccccc1Br. The summed E-state index contributed by atoms with van der Waals surface area (Å²) < 4.78 is 6.19. The van der Waals surface area contributed by atoms with Crippen molar-refractivity contribution in [1.82, 2.24) is 15.5 Å². The van der Waals surface area contributed by atoms with Crippen molar-refractivity contribution in [3.8, 4) is 10.7 Å². The minimum Gasteiger partial charge on any atom is -0.350 e. The van der Waals surface area contributed by atoms with Crippen LogP contribution < -0.4 is 5.32 Å². The van der Waals surface area contributed by atoms with Crippen LogP contribution in [-0.2, 0) is 11.2 Å². The van der Waals surface area contributed by atoms with Gasteiger partial charge < -0.3 is 9.84 Å². The molecule has 0 fully saturated rings. The Labute approximate surface area is 152 Å². The summed E-state index contributed by atoms with van der Waals surface area (Å²) in [4.78, 5) is 17.4. The van der Waals surface area contributed by atoms with Gasteiger partial charge in [0.05, 0.1) is 10.9 Å². The van der Waals surface area contributed by atoms with E-state index in [9.17, 15) is 4.79 Å². The van der Waals surface area contributed by atoms with Gasteiger partial charge >= 0.3 is 0 Å². The molecule has 1 amide bonds. The van der Waals surface area contributed by atoms with Gasteiger partial charge in [-0.15, -0.1) is 11.3 Å². The largest absolute Gasteiger partial charge is 0.350 e. The van der Waals surface area contributed by atoms with Crippen molar-refractivity contribution in [3.05, 3.63) is 57.7 Å². The highest BCUT2D eigenvalue weighted by molar-refractivity contribution is 9.10. The lowest BCUT2D eigenvalue weighted by molar-refractivity contribution is -0.121. The molecule has 1 atom stereocenters. The maximum Gasteiger partial charge on any atom is 0.227 e. The summed E-state index contributed by atoms with van der Waals surface area (Å²) in [6, 6.07) is 11.6. The highest BCUT2D eigenvalue weighted by Crippen LogP contribution is 2.23. The molecule has 1 N–H and O–H groups in total. The first kappa shape index (κ1) is 16.9. The molecule has 3 rings (SSSR count). The molecule has 7 heteroatoms. The van der Waals surface area contributed by atoms with Crippen LogP contribution in [0.4, 0.5) is 0 Å². The van der Waals surface area contributed by atoms with Gasteiger partial charge in [-0.1, -0.05) is 45.4 Å². The van der Waals surface area contributed by atoms with Gasteiger partial charge in [0.15, 0.2) is 0 Å². The van der Waals surface area contributed by atoms with E-state index < -0.39 is 0 Å². The number of carbonyl (C=O) groups excluding carboxylic acids is 1. The quantitative estimate of drug-likeness (QED) is 0.660. The molecule has 0 radical (unpaired) electrons. The Bertz CT molecular complexity index is 817. The summed E-state index contributed by atoms with van der Waals surface area (Å²) in [7, 11) is 0. The minimum absolute atomic E-state index is 0.0471. The molecule has 1 unspecified atom stereocenters. The first-order chi connectivity index (χ1) is 11.6. The summed E-state index contributed by atoms with van der Waals surface area (Å²) in [6.45, 7) is 1.96. The van der Waals surface area contributed by atoms with Gasteiger partial charge in [0.2, 0.25) is 17.6 Å². The van der Waals surface area contributed by atoms with Crippen LogP contribution in [0.2, 0.25) is 0 Å². The van der Waals surface area contributed by atoms with Gasteiger partial charge in [-0.3, -0.25) is 4.79 Å². The molecule has 0 saturated heterocycles. The number of nitrogens with one attached hydrogen (secondary N) is 1. The van der Waals surface area contributed by atoms with E-state index in [1.165, 1.54) is 0 Å². The fourth-order valence-corrected chi connectivity index (χ4v) is 3.58. The van der Waals surface area contributed by atoms with Crippen molar-refractivity contribution in [2.75, 3.05) is 0 Å². The molecule has 1 aromatic carbocycles. The number of hydrogen-bond donors (Lipinski definition) is 1. The van der Waals surface area contributed by atoms with Crippen LogP contribution in [0.3, 0.4) is 0 Å².